The Hall–Kier alpha value is -3.01. The number of fused-ring (bicyclic) bond motifs is 1. The van der Waals surface area contributed by atoms with Crippen LogP contribution in [0.25, 0.3) is 5.65 Å². The molecule has 3 aromatic rings. The lowest BCUT2D eigenvalue weighted by Crippen LogP contribution is -2.01. The van der Waals surface area contributed by atoms with Gasteiger partial charge in [0.25, 0.3) is 0 Å². The molecule has 0 spiro atoms. The van der Waals surface area contributed by atoms with Crippen LogP contribution in [-0.4, -0.2) is 19.7 Å². The fourth-order valence-corrected chi connectivity index (χ4v) is 2.20. The summed E-state index contributed by atoms with van der Waals surface area (Å²) in [4.78, 5) is 4.24. The molecule has 0 saturated heterocycles. The summed E-state index contributed by atoms with van der Waals surface area (Å²) in [6.07, 6.45) is 0.558. The van der Waals surface area contributed by atoms with Crippen LogP contribution in [0.5, 0.6) is 5.88 Å². The van der Waals surface area contributed by atoms with Crippen molar-refractivity contribution in [3.8, 4) is 11.9 Å². The molecule has 0 amide bonds. The molecule has 0 bridgehead atoms. The zero-order valence-corrected chi connectivity index (χ0v) is 11.3. The topological polar surface area (TPSA) is 74.2 Å². The second kappa shape index (κ2) is 5.41. The fourth-order valence-electron chi connectivity index (χ4n) is 2.20. The summed E-state index contributed by atoms with van der Waals surface area (Å²) in [6, 6.07) is 8.69. The van der Waals surface area contributed by atoms with Crippen molar-refractivity contribution in [3.63, 3.8) is 0 Å². The Balaban J connectivity index is 1.88. The minimum atomic E-state index is -0.891. The molecule has 1 aromatic carbocycles. The molecule has 2 aromatic heterocycles. The first-order valence-electron chi connectivity index (χ1n) is 6.50. The smallest absolute Gasteiger partial charge is 0.215 e. The van der Waals surface area contributed by atoms with E-state index in [1.165, 1.54) is 24.3 Å². The molecule has 22 heavy (non-hydrogen) atoms. The highest BCUT2D eigenvalue weighted by Crippen LogP contribution is 2.18. The average Bonchev–Trinajstić information content (AvgIpc) is 2.92. The Labute approximate surface area is 124 Å². The number of aryl methyl sites for hydroxylation is 2. The van der Waals surface area contributed by atoms with Gasteiger partial charge in [0.05, 0.1) is 0 Å². The number of aromatic nitrogens is 3. The van der Waals surface area contributed by atoms with E-state index in [-0.39, 0.29) is 23.6 Å². The number of nitriles is 1. The van der Waals surface area contributed by atoms with E-state index in [1.807, 2.05) is 6.07 Å². The Morgan fingerprint density at radius 1 is 1.23 bits per heavy atom. The quantitative estimate of drug-likeness (QED) is 0.806. The maximum absolute atomic E-state index is 13.6. The molecular weight excluding hydrogens is 290 g/mol. The van der Waals surface area contributed by atoms with Gasteiger partial charge in [0.2, 0.25) is 5.88 Å². The van der Waals surface area contributed by atoms with Crippen molar-refractivity contribution in [1.29, 1.82) is 5.26 Å². The summed E-state index contributed by atoms with van der Waals surface area (Å²) in [5.41, 5.74) is 1.20. The van der Waals surface area contributed by atoms with Gasteiger partial charge in [0.1, 0.15) is 6.07 Å². The highest BCUT2D eigenvalue weighted by Gasteiger charge is 2.11. The minimum absolute atomic E-state index is 0.135. The summed E-state index contributed by atoms with van der Waals surface area (Å²) < 4.78 is 27.9. The maximum atomic E-state index is 13.6. The van der Waals surface area contributed by atoms with Crippen LogP contribution in [0, 0.1) is 23.0 Å². The van der Waals surface area contributed by atoms with Gasteiger partial charge < -0.3 is 5.11 Å². The van der Waals surface area contributed by atoms with E-state index in [1.54, 1.807) is 0 Å². The van der Waals surface area contributed by atoms with Crippen LogP contribution < -0.4 is 0 Å². The molecule has 0 atom stereocenters. The van der Waals surface area contributed by atoms with Gasteiger partial charge in [0, 0.05) is 17.8 Å². The highest BCUT2D eigenvalue weighted by molar-refractivity contribution is 5.46. The summed E-state index contributed by atoms with van der Waals surface area (Å²) in [6.45, 7) is 0. The molecule has 2 heterocycles. The molecule has 110 valence electrons. The van der Waals surface area contributed by atoms with Gasteiger partial charge in [-0.3, -0.25) is 0 Å². The zero-order chi connectivity index (χ0) is 15.7. The standard InChI is InChI=1S/C15H10F2N4O/c16-12-3-1-2-9(15(12)17)4-5-10-7-14(22)21-13(19-10)6-11(8-18)20-21/h1-3,6-7,22H,4-5H2. The van der Waals surface area contributed by atoms with Crippen LogP contribution in [-0.2, 0) is 12.8 Å². The molecule has 0 aliphatic heterocycles. The minimum Gasteiger partial charge on any atom is -0.493 e. The van der Waals surface area contributed by atoms with Crippen molar-refractivity contribution in [1.82, 2.24) is 14.6 Å². The van der Waals surface area contributed by atoms with Crippen molar-refractivity contribution < 1.29 is 13.9 Å². The lowest BCUT2D eigenvalue weighted by atomic mass is 10.1. The highest BCUT2D eigenvalue weighted by atomic mass is 19.2. The molecule has 3 rings (SSSR count). The van der Waals surface area contributed by atoms with Crippen LogP contribution in [0.15, 0.2) is 30.3 Å². The first-order chi connectivity index (χ1) is 10.6. The van der Waals surface area contributed by atoms with Crippen molar-refractivity contribution in [2.24, 2.45) is 0 Å². The van der Waals surface area contributed by atoms with Crippen LogP contribution in [0.4, 0.5) is 8.78 Å². The number of halogens is 2. The third kappa shape index (κ3) is 2.46. The zero-order valence-electron chi connectivity index (χ0n) is 11.3. The van der Waals surface area contributed by atoms with E-state index in [4.69, 9.17) is 5.26 Å². The van der Waals surface area contributed by atoms with Crippen molar-refractivity contribution >= 4 is 5.65 Å². The van der Waals surface area contributed by atoms with Gasteiger partial charge in [0.15, 0.2) is 23.0 Å². The van der Waals surface area contributed by atoms with Crippen LogP contribution in [0.3, 0.4) is 0 Å². The summed E-state index contributed by atoms with van der Waals surface area (Å²) in [5, 5.41) is 22.5. The largest absolute Gasteiger partial charge is 0.493 e. The molecule has 1 N–H and O–H groups in total. The Morgan fingerprint density at radius 2 is 2.05 bits per heavy atom. The van der Waals surface area contributed by atoms with Gasteiger partial charge in [-0.15, -0.1) is 0 Å². The number of benzene rings is 1. The third-order valence-corrected chi connectivity index (χ3v) is 3.26. The number of aromatic hydroxyl groups is 1. The number of hydrogen-bond donors (Lipinski definition) is 1. The molecule has 5 nitrogen and oxygen atoms in total. The fraction of sp³-hybridized carbons (Fsp3) is 0.133. The van der Waals surface area contributed by atoms with Crippen LogP contribution in [0.1, 0.15) is 17.0 Å². The second-order valence-corrected chi connectivity index (χ2v) is 4.73. The second-order valence-electron chi connectivity index (χ2n) is 4.73. The summed E-state index contributed by atoms with van der Waals surface area (Å²) in [5.74, 6) is -1.93. The molecule has 0 aliphatic rings. The van der Waals surface area contributed by atoms with E-state index in [0.29, 0.717) is 17.8 Å². The van der Waals surface area contributed by atoms with Gasteiger partial charge >= 0.3 is 0 Å². The normalized spacial score (nSPS) is 10.8. The molecule has 0 aliphatic carbocycles. The Bertz CT molecular complexity index is 898. The molecule has 0 unspecified atom stereocenters. The lowest BCUT2D eigenvalue weighted by molar-refractivity contribution is 0.433. The molecule has 0 radical (unpaired) electrons. The number of nitrogens with zero attached hydrogens (tertiary/aromatic N) is 4. The van der Waals surface area contributed by atoms with Gasteiger partial charge in [-0.2, -0.15) is 14.9 Å². The van der Waals surface area contributed by atoms with Crippen LogP contribution >= 0.6 is 0 Å². The molecular formula is C15H10F2N4O. The average molecular weight is 300 g/mol. The SMILES string of the molecule is N#Cc1cc2nc(CCc3cccc(F)c3F)cc(O)n2n1. The van der Waals surface area contributed by atoms with Gasteiger partial charge in [-0.05, 0) is 24.5 Å². The first kappa shape index (κ1) is 13.9. The summed E-state index contributed by atoms with van der Waals surface area (Å²) >= 11 is 0. The van der Waals surface area contributed by atoms with E-state index in [9.17, 15) is 13.9 Å². The predicted octanol–water partition coefficient (Wildman–Crippen LogP) is 2.37. The lowest BCUT2D eigenvalue weighted by Gasteiger charge is -2.05. The third-order valence-electron chi connectivity index (χ3n) is 3.26. The number of rotatable bonds is 3. The van der Waals surface area contributed by atoms with Crippen molar-refractivity contribution in [2.45, 2.75) is 12.8 Å². The van der Waals surface area contributed by atoms with E-state index < -0.39 is 11.6 Å². The van der Waals surface area contributed by atoms with Gasteiger partial charge in [-0.1, -0.05) is 12.1 Å². The molecule has 0 saturated carbocycles. The van der Waals surface area contributed by atoms with Gasteiger partial charge in [-0.25, -0.2) is 13.8 Å². The van der Waals surface area contributed by atoms with E-state index in [0.717, 1.165) is 10.6 Å². The molecule has 7 heteroatoms. The Kier molecular flexibility index (Phi) is 3.43. The van der Waals surface area contributed by atoms with Crippen LogP contribution in [0.2, 0.25) is 0 Å². The van der Waals surface area contributed by atoms with Crippen molar-refractivity contribution in [3.05, 3.63) is 58.9 Å². The predicted molar refractivity (Wildman–Crippen MR) is 73.1 cm³/mol. The number of hydrogen-bond acceptors (Lipinski definition) is 4. The molecule has 0 fully saturated rings. The van der Waals surface area contributed by atoms with E-state index in [2.05, 4.69) is 10.1 Å². The monoisotopic (exact) mass is 300 g/mol. The van der Waals surface area contributed by atoms with E-state index >= 15 is 0 Å². The maximum Gasteiger partial charge on any atom is 0.215 e. The summed E-state index contributed by atoms with van der Waals surface area (Å²) in [7, 11) is 0. The van der Waals surface area contributed by atoms with Crippen molar-refractivity contribution in [2.75, 3.05) is 0 Å². The first-order valence-corrected chi connectivity index (χ1v) is 6.50. The Morgan fingerprint density at radius 3 is 2.82 bits per heavy atom.